The topological polar surface area (TPSA) is 18.5 Å². The maximum absolute atomic E-state index is 3.79. The highest BCUT2D eigenvalue weighted by molar-refractivity contribution is 5.27. The van der Waals surface area contributed by atoms with E-state index in [2.05, 4.69) is 60.4 Å². The first-order chi connectivity index (χ1) is 10.1. The van der Waals surface area contributed by atoms with Gasteiger partial charge in [-0.15, -0.1) is 0 Å². The van der Waals surface area contributed by atoms with Crippen LogP contribution in [-0.4, -0.2) is 48.6 Å². The Labute approximate surface area is 129 Å². The summed E-state index contributed by atoms with van der Waals surface area (Å²) < 4.78 is 0. The van der Waals surface area contributed by atoms with E-state index in [0.29, 0.717) is 6.04 Å². The molecule has 21 heavy (non-hydrogen) atoms. The molecule has 2 aliphatic rings. The summed E-state index contributed by atoms with van der Waals surface area (Å²) in [6, 6.07) is 11.1. The van der Waals surface area contributed by atoms with Crippen molar-refractivity contribution in [2.45, 2.75) is 57.4 Å². The molecular weight excluding hydrogens is 258 g/mol. The van der Waals surface area contributed by atoms with Gasteiger partial charge in [0.05, 0.1) is 0 Å². The van der Waals surface area contributed by atoms with Gasteiger partial charge in [-0.3, -0.25) is 4.90 Å². The SMILES string of the molecule is CC1CC(NCc2ccccc2CN(C)C)CN1C1CC1. The molecule has 1 aliphatic carbocycles. The van der Waals surface area contributed by atoms with Crippen molar-refractivity contribution in [1.29, 1.82) is 0 Å². The van der Waals surface area contributed by atoms with Gasteiger partial charge >= 0.3 is 0 Å². The third-order valence-corrected chi connectivity index (χ3v) is 4.83. The lowest BCUT2D eigenvalue weighted by atomic mass is 10.1. The van der Waals surface area contributed by atoms with E-state index in [9.17, 15) is 0 Å². The minimum Gasteiger partial charge on any atom is -0.309 e. The lowest BCUT2D eigenvalue weighted by Crippen LogP contribution is -2.34. The largest absolute Gasteiger partial charge is 0.309 e. The van der Waals surface area contributed by atoms with Crippen molar-refractivity contribution in [1.82, 2.24) is 15.1 Å². The first-order valence-corrected chi connectivity index (χ1v) is 8.34. The van der Waals surface area contributed by atoms with Crippen LogP contribution in [0.3, 0.4) is 0 Å². The van der Waals surface area contributed by atoms with Gasteiger partial charge in [0.15, 0.2) is 0 Å². The van der Waals surface area contributed by atoms with Crippen molar-refractivity contribution < 1.29 is 0 Å². The lowest BCUT2D eigenvalue weighted by Gasteiger charge is -2.20. The molecular formula is C18H29N3. The van der Waals surface area contributed by atoms with Crippen LogP contribution in [0.1, 0.15) is 37.3 Å². The van der Waals surface area contributed by atoms with Crippen molar-refractivity contribution in [2.24, 2.45) is 0 Å². The molecule has 2 unspecified atom stereocenters. The highest BCUT2D eigenvalue weighted by Gasteiger charge is 2.38. The van der Waals surface area contributed by atoms with E-state index < -0.39 is 0 Å². The molecule has 1 aromatic rings. The van der Waals surface area contributed by atoms with E-state index in [-0.39, 0.29) is 0 Å². The van der Waals surface area contributed by atoms with Crippen molar-refractivity contribution in [2.75, 3.05) is 20.6 Å². The minimum atomic E-state index is 0.660. The molecule has 0 bridgehead atoms. The quantitative estimate of drug-likeness (QED) is 0.867. The fourth-order valence-electron chi connectivity index (χ4n) is 3.60. The average molecular weight is 287 g/mol. The number of hydrogen-bond acceptors (Lipinski definition) is 3. The number of hydrogen-bond donors (Lipinski definition) is 1. The van der Waals surface area contributed by atoms with Gasteiger partial charge in [0.25, 0.3) is 0 Å². The molecule has 1 saturated carbocycles. The Morgan fingerprint density at radius 2 is 1.90 bits per heavy atom. The van der Waals surface area contributed by atoms with Crippen LogP contribution in [0.25, 0.3) is 0 Å². The van der Waals surface area contributed by atoms with E-state index in [0.717, 1.165) is 25.2 Å². The molecule has 0 radical (unpaired) electrons. The Balaban J connectivity index is 1.55. The standard InChI is InChI=1S/C18H29N3/c1-14-10-17(13-21(14)18-8-9-18)19-11-15-6-4-5-7-16(15)12-20(2)3/h4-7,14,17-19H,8-13H2,1-3H3. The van der Waals surface area contributed by atoms with Crippen molar-refractivity contribution in [3.63, 3.8) is 0 Å². The maximum Gasteiger partial charge on any atom is 0.0230 e. The minimum absolute atomic E-state index is 0.660. The average Bonchev–Trinajstić information content (AvgIpc) is 3.21. The van der Waals surface area contributed by atoms with Gasteiger partial charge in [-0.1, -0.05) is 24.3 Å². The maximum atomic E-state index is 3.79. The van der Waals surface area contributed by atoms with Gasteiger partial charge in [0.2, 0.25) is 0 Å². The summed E-state index contributed by atoms with van der Waals surface area (Å²) in [6.45, 7) is 5.65. The Kier molecular flexibility index (Phi) is 4.63. The summed E-state index contributed by atoms with van der Waals surface area (Å²) in [5, 5.41) is 3.79. The van der Waals surface area contributed by atoms with Gasteiger partial charge in [0.1, 0.15) is 0 Å². The second-order valence-electron chi connectivity index (χ2n) is 7.10. The van der Waals surface area contributed by atoms with Gasteiger partial charge < -0.3 is 10.2 Å². The number of benzene rings is 1. The monoisotopic (exact) mass is 287 g/mol. The number of likely N-dealkylation sites (tertiary alicyclic amines) is 1. The van der Waals surface area contributed by atoms with Crippen LogP contribution >= 0.6 is 0 Å². The molecule has 1 saturated heterocycles. The molecule has 0 aromatic heterocycles. The van der Waals surface area contributed by atoms with Crippen LogP contribution in [0.2, 0.25) is 0 Å². The zero-order chi connectivity index (χ0) is 14.8. The number of nitrogens with zero attached hydrogens (tertiary/aromatic N) is 2. The normalized spacial score (nSPS) is 26.7. The lowest BCUT2D eigenvalue weighted by molar-refractivity contribution is 0.255. The van der Waals surface area contributed by atoms with Crippen LogP contribution < -0.4 is 5.32 Å². The van der Waals surface area contributed by atoms with Gasteiger partial charge in [-0.2, -0.15) is 0 Å². The van der Waals surface area contributed by atoms with E-state index >= 15 is 0 Å². The molecule has 0 spiro atoms. The summed E-state index contributed by atoms with van der Waals surface area (Å²) in [7, 11) is 4.27. The second-order valence-corrected chi connectivity index (χ2v) is 7.10. The van der Waals surface area contributed by atoms with Crippen molar-refractivity contribution in [3.05, 3.63) is 35.4 Å². The van der Waals surface area contributed by atoms with Gasteiger partial charge in [0, 0.05) is 37.8 Å². The summed E-state index contributed by atoms with van der Waals surface area (Å²) in [6.07, 6.45) is 4.14. The highest BCUT2D eigenvalue weighted by Crippen LogP contribution is 2.33. The number of nitrogens with one attached hydrogen (secondary N) is 1. The molecule has 1 aliphatic heterocycles. The first kappa shape index (κ1) is 15.0. The molecule has 0 amide bonds. The predicted octanol–water partition coefficient (Wildman–Crippen LogP) is 2.46. The molecule has 1 heterocycles. The molecule has 116 valence electrons. The Morgan fingerprint density at radius 1 is 1.19 bits per heavy atom. The highest BCUT2D eigenvalue weighted by atomic mass is 15.3. The van der Waals surface area contributed by atoms with Crippen molar-refractivity contribution in [3.8, 4) is 0 Å². The summed E-state index contributed by atoms with van der Waals surface area (Å²) in [5.74, 6) is 0. The van der Waals surface area contributed by atoms with Gasteiger partial charge in [-0.05, 0) is 51.4 Å². The summed E-state index contributed by atoms with van der Waals surface area (Å²) in [4.78, 5) is 4.95. The first-order valence-electron chi connectivity index (χ1n) is 8.34. The van der Waals surface area contributed by atoms with E-state index in [4.69, 9.17) is 0 Å². The third-order valence-electron chi connectivity index (χ3n) is 4.83. The third kappa shape index (κ3) is 3.85. The molecule has 3 heteroatoms. The van der Waals surface area contributed by atoms with E-state index in [1.165, 1.54) is 36.9 Å². The predicted molar refractivity (Wildman–Crippen MR) is 88.3 cm³/mol. The van der Waals surface area contributed by atoms with Crippen molar-refractivity contribution >= 4 is 0 Å². The molecule has 3 nitrogen and oxygen atoms in total. The fraction of sp³-hybridized carbons (Fsp3) is 0.667. The molecule has 2 fully saturated rings. The zero-order valence-corrected chi connectivity index (χ0v) is 13.7. The summed E-state index contributed by atoms with van der Waals surface area (Å²) >= 11 is 0. The van der Waals surface area contributed by atoms with Gasteiger partial charge in [-0.25, -0.2) is 0 Å². The smallest absolute Gasteiger partial charge is 0.0230 e. The zero-order valence-electron chi connectivity index (χ0n) is 13.7. The summed E-state index contributed by atoms with van der Waals surface area (Å²) in [5.41, 5.74) is 2.89. The van der Waals surface area contributed by atoms with E-state index in [1.54, 1.807) is 0 Å². The van der Waals surface area contributed by atoms with Crippen LogP contribution in [-0.2, 0) is 13.1 Å². The Bertz CT molecular complexity index is 467. The fourth-order valence-corrected chi connectivity index (χ4v) is 3.60. The molecule has 3 rings (SSSR count). The Hall–Kier alpha value is -0.900. The van der Waals surface area contributed by atoms with E-state index in [1.807, 2.05) is 0 Å². The molecule has 1 N–H and O–H groups in total. The van der Waals surface area contributed by atoms with Crippen LogP contribution in [0, 0.1) is 0 Å². The molecule has 2 atom stereocenters. The van der Waals surface area contributed by atoms with Crippen LogP contribution in [0.5, 0.6) is 0 Å². The number of rotatable bonds is 6. The van der Waals surface area contributed by atoms with Crippen LogP contribution in [0.4, 0.5) is 0 Å². The molecule has 1 aromatic carbocycles. The second kappa shape index (κ2) is 6.47. The Morgan fingerprint density at radius 3 is 2.57 bits per heavy atom. The van der Waals surface area contributed by atoms with Crippen LogP contribution in [0.15, 0.2) is 24.3 Å².